The summed E-state index contributed by atoms with van der Waals surface area (Å²) in [6.45, 7) is 5.22. The number of carbonyl (C=O) groups excluding carboxylic acids is 1. The lowest BCUT2D eigenvalue weighted by atomic mass is 9.91. The predicted octanol–water partition coefficient (Wildman–Crippen LogP) is 2.97. The average Bonchev–Trinajstić information content (AvgIpc) is 2.85. The van der Waals surface area contributed by atoms with E-state index in [4.69, 9.17) is 0 Å². The summed E-state index contributed by atoms with van der Waals surface area (Å²) in [7, 11) is 0. The fourth-order valence-electron chi connectivity index (χ4n) is 1.63. The molecule has 5 nitrogen and oxygen atoms in total. The van der Waals surface area contributed by atoms with Gasteiger partial charge < -0.3 is 0 Å². The SMILES string of the molecule is CC(C)(C)C(=O)Cn1nnc(-c2cccc(C(F)(F)F)c2)n1. The maximum Gasteiger partial charge on any atom is 0.416 e. The van der Waals surface area contributed by atoms with Gasteiger partial charge >= 0.3 is 6.18 Å². The summed E-state index contributed by atoms with van der Waals surface area (Å²) in [4.78, 5) is 13.0. The molecule has 8 heteroatoms. The van der Waals surface area contributed by atoms with Gasteiger partial charge in [0.1, 0.15) is 6.54 Å². The van der Waals surface area contributed by atoms with Gasteiger partial charge in [-0.15, -0.1) is 10.2 Å². The molecule has 0 saturated heterocycles. The van der Waals surface area contributed by atoms with Gasteiger partial charge in [-0.2, -0.15) is 18.0 Å². The number of tetrazole rings is 1. The zero-order valence-corrected chi connectivity index (χ0v) is 12.3. The molecule has 0 fully saturated rings. The molecule has 0 spiro atoms. The van der Waals surface area contributed by atoms with Crippen molar-refractivity contribution in [3.8, 4) is 11.4 Å². The number of Topliss-reactive ketones (excluding diaryl/α,β-unsaturated/α-hetero) is 1. The van der Waals surface area contributed by atoms with Crippen molar-refractivity contribution in [3.05, 3.63) is 29.8 Å². The third kappa shape index (κ3) is 3.69. The number of ketones is 1. The molecular formula is C14H15F3N4O. The number of halogens is 3. The predicted molar refractivity (Wildman–Crippen MR) is 72.7 cm³/mol. The molecular weight excluding hydrogens is 297 g/mol. The Labute approximate surface area is 125 Å². The first-order valence-electron chi connectivity index (χ1n) is 6.56. The van der Waals surface area contributed by atoms with E-state index in [1.54, 1.807) is 20.8 Å². The Balaban J connectivity index is 2.24. The van der Waals surface area contributed by atoms with E-state index in [-0.39, 0.29) is 23.7 Å². The van der Waals surface area contributed by atoms with Crippen LogP contribution in [0.3, 0.4) is 0 Å². The Kier molecular flexibility index (Phi) is 4.04. The van der Waals surface area contributed by atoms with Gasteiger partial charge in [0.25, 0.3) is 0 Å². The second kappa shape index (κ2) is 5.51. The molecule has 0 amide bonds. The van der Waals surface area contributed by atoms with Crippen molar-refractivity contribution in [1.82, 2.24) is 20.2 Å². The zero-order valence-electron chi connectivity index (χ0n) is 12.3. The molecule has 1 heterocycles. The molecule has 0 unspecified atom stereocenters. The first-order valence-corrected chi connectivity index (χ1v) is 6.56. The third-order valence-electron chi connectivity index (χ3n) is 3.02. The summed E-state index contributed by atoms with van der Waals surface area (Å²) in [5.41, 5.74) is -1.14. The van der Waals surface area contributed by atoms with Crippen molar-refractivity contribution >= 4 is 5.78 Å². The van der Waals surface area contributed by atoms with E-state index >= 15 is 0 Å². The van der Waals surface area contributed by atoms with Crippen LogP contribution in [0.2, 0.25) is 0 Å². The zero-order chi connectivity index (χ0) is 16.5. The molecule has 0 saturated carbocycles. The fraction of sp³-hybridized carbons (Fsp3) is 0.429. The number of rotatable bonds is 3. The molecule has 0 N–H and O–H groups in total. The van der Waals surface area contributed by atoms with E-state index < -0.39 is 17.2 Å². The minimum atomic E-state index is -4.44. The van der Waals surface area contributed by atoms with E-state index in [0.717, 1.165) is 16.9 Å². The maximum atomic E-state index is 12.7. The van der Waals surface area contributed by atoms with Gasteiger partial charge in [0.2, 0.25) is 5.82 Å². The fourth-order valence-corrected chi connectivity index (χ4v) is 1.63. The van der Waals surface area contributed by atoms with Gasteiger partial charge in [0, 0.05) is 11.0 Å². The number of benzene rings is 1. The largest absolute Gasteiger partial charge is 0.416 e. The molecule has 118 valence electrons. The summed E-state index contributed by atoms with van der Waals surface area (Å²) >= 11 is 0. The Bertz CT molecular complexity index is 686. The summed E-state index contributed by atoms with van der Waals surface area (Å²) < 4.78 is 38.1. The summed E-state index contributed by atoms with van der Waals surface area (Å²) in [5, 5.41) is 11.4. The van der Waals surface area contributed by atoms with Crippen LogP contribution in [0.5, 0.6) is 0 Å². The topological polar surface area (TPSA) is 60.7 Å². The highest BCUT2D eigenvalue weighted by Gasteiger charge is 2.30. The number of alkyl halides is 3. The molecule has 22 heavy (non-hydrogen) atoms. The van der Waals surface area contributed by atoms with Crippen LogP contribution in [0.4, 0.5) is 13.2 Å². The molecule has 0 aliphatic heterocycles. The molecule has 0 radical (unpaired) electrons. The van der Waals surface area contributed by atoms with Gasteiger partial charge in [-0.05, 0) is 17.3 Å². The lowest BCUT2D eigenvalue weighted by Gasteiger charge is -2.15. The molecule has 2 aromatic rings. The highest BCUT2D eigenvalue weighted by atomic mass is 19.4. The van der Waals surface area contributed by atoms with E-state index in [1.807, 2.05) is 0 Å². The lowest BCUT2D eigenvalue weighted by molar-refractivity contribution is -0.137. The van der Waals surface area contributed by atoms with E-state index in [2.05, 4.69) is 15.4 Å². The first-order chi connectivity index (χ1) is 10.1. The number of hydrogen-bond acceptors (Lipinski definition) is 4. The second-order valence-electron chi connectivity index (χ2n) is 5.90. The van der Waals surface area contributed by atoms with Crippen LogP contribution in [-0.2, 0) is 17.5 Å². The van der Waals surface area contributed by atoms with Gasteiger partial charge in [0.05, 0.1) is 5.56 Å². The minimum absolute atomic E-state index is 0.0489. The van der Waals surface area contributed by atoms with Gasteiger partial charge in [-0.3, -0.25) is 4.79 Å². The average molecular weight is 312 g/mol. The quantitative estimate of drug-likeness (QED) is 0.874. The highest BCUT2D eigenvalue weighted by molar-refractivity contribution is 5.83. The van der Waals surface area contributed by atoms with Crippen LogP contribution in [0.15, 0.2) is 24.3 Å². The summed E-state index contributed by atoms with van der Waals surface area (Å²) in [5.74, 6) is -0.0479. The number of aromatic nitrogens is 4. The summed E-state index contributed by atoms with van der Waals surface area (Å²) in [6, 6.07) is 4.66. The van der Waals surface area contributed by atoms with Crippen LogP contribution >= 0.6 is 0 Å². The van der Waals surface area contributed by atoms with Crippen LogP contribution in [-0.4, -0.2) is 26.0 Å². The normalized spacial score (nSPS) is 12.5. The molecule has 0 bridgehead atoms. The lowest BCUT2D eigenvalue weighted by Crippen LogP contribution is -2.26. The van der Waals surface area contributed by atoms with Crippen LogP contribution in [0.1, 0.15) is 26.3 Å². The monoisotopic (exact) mass is 312 g/mol. The molecule has 1 aromatic heterocycles. The standard InChI is InChI=1S/C14H15F3N4O/c1-13(2,3)11(22)8-21-19-12(18-20-21)9-5-4-6-10(7-9)14(15,16)17/h4-7H,8H2,1-3H3. The van der Waals surface area contributed by atoms with Crippen molar-refractivity contribution in [1.29, 1.82) is 0 Å². The molecule has 0 aliphatic carbocycles. The van der Waals surface area contributed by atoms with Crippen LogP contribution in [0.25, 0.3) is 11.4 Å². The van der Waals surface area contributed by atoms with E-state index in [0.29, 0.717) is 0 Å². The summed E-state index contributed by atoms with van der Waals surface area (Å²) in [6.07, 6.45) is -4.44. The second-order valence-corrected chi connectivity index (χ2v) is 5.90. The molecule has 1 aromatic carbocycles. The Morgan fingerprint density at radius 1 is 1.23 bits per heavy atom. The number of hydrogen-bond donors (Lipinski definition) is 0. The Morgan fingerprint density at radius 2 is 1.91 bits per heavy atom. The third-order valence-corrected chi connectivity index (χ3v) is 3.02. The smallest absolute Gasteiger partial charge is 0.297 e. The van der Waals surface area contributed by atoms with Crippen molar-refractivity contribution in [2.24, 2.45) is 5.41 Å². The van der Waals surface area contributed by atoms with Gasteiger partial charge in [-0.1, -0.05) is 32.9 Å². The Hall–Kier alpha value is -2.25. The maximum absolute atomic E-state index is 12.7. The molecule has 0 atom stereocenters. The van der Waals surface area contributed by atoms with Crippen LogP contribution in [0, 0.1) is 5.41 Å². The minimum Gasteiger partial charge on any atom is -0.297 e. The highest BCUT2D eigenvalue weighted by Crippen LogP contribution is 2.31. The van der Waals surface area contributed by atoms with Gasteiger partial charge in [-0.25, -0.2) is 0 Å². The van der Waals surface area contributed by atoms with E-state index in [9.17, 15) is 18.0 Å². The van der Waals surface area contributed by atoms with Crippen molar-refractivity contribution in [2.75, 3.05) is 0 Å². The first kappa shape index (κ1) is 16.1. The number of carbonyl (C=O) groups is 1. The van der Waals surface area contributed by atoms with Crippen molar-refractivity contribution in [3.63, 3.8) is 0 Å². The van der Waals surface area contributed by atoms with Gasteiger partial charge in [0.15, 0.2) is 5.78 Å². The molecule has 0 aliphatic rings. The van der Waals surface area contributed by atoms with Crippen LogP contribution < -0.4 is 0 Å². The van der Waals surface area contributed by atoms with Crippen molar-refractivity contribution in [2.45, 2.75) is 33.5 Å². The Morgan fingerprint density at radius 3 is 2.50 bits per heavy atom. The van der Waals surface area contributed by atoms with E-state index in [1.165, 1.54) is 12.1 Å². The number of nitrogens with zero attached hydrogens (tertiary/aromatic N) is 4. The van der Waals surface area contributed by atoms with Crippen molar-refractivity contribution < 1.29 is 18.0 Å². The molecule has 2 rings (SSSR count).